The number of hydrogen-bond acceptors (Lipinski definition) is 5. The van der Waals surface area contributed by atoms with Gasteiger partial charge in [-0.25, -0.2) is 4.79 Å². The Morgan fingerprint density at radius 1 is 1.47 bits per heavy atom. The molecule has 1 aromatic carbocycles. The number of nitrogen functional groups attached to an aromatic ring is 1. The van der Waals surface area contributed by atoms with Crippen molar-refractivity contribution in [3.05, 3.63) is 23.8 Å². The van der Waals surface area contributed by atoms with Crippen LogP contribution in [0.5, 0.6) is 0 Å². The molecule has 5 nitrogen and oxygen atoms in total. The fourth-order valence-electron chi connectivity index (χ4n) is 1.14. The fourth-order valence-corrected chi connectivity index (χ4v) is 1.89. The number of nitrogens with two attached hydrogens (primary N) is 1. The van der Waals surface area contributed by atoms with Crippen molar-refractivity contribution in [2.24, 2.45) is 0 Å². The zero-order chi connectivity index (χ0) is 12.8. The van der Waals surface area contributed by atoms with E-state index in [0.717, 1.165) is 10.5 Å². The van der Waals surface area contributed by atoms with Gasteiger partial charge < -0.3 is 10.5 Å². The predicted octanol–water partition coefficient (Wildman–Crippen LogP) is 1.55. The normalized spacial score (nSPS) is 9.76. The minimum absolute atomic E-state index is 0.113. The molecule has 0 atom stereocenters. The van der Waals surface area contributed by atoms with Gasteiger partial charge in [-0.1, -0.05) is 6.07 Å². The number of benzene rings is 1. The Morgan fingerprint density at radius 3 is 2.76 bits per heavy atom. The summed E-state index contributed by atoms with van der Waals surface area (Å²) in [5, 5.41) is 2.07. The molecule has 3 N–H and O–H groups in total. The molecule has 0 unspecified atom stereocenters. The number of amides is 2. The molecule has 0 aliphatic heterocycles. The maximum absolute atomic E-state index is 11.3. The average Bonchev–Trinajstić information content (AvgIpc) is 2.27. The van der Waals surface area contributed by atoms with Crippen LogP contribution < -0.4 is 11.1 Å². The van der Waals surface area contributed by atoms with Gasteiger partial charge in [0.15, 0.2) is 0 Å². The van der Waals surface area contributed by atoms with Crippen LogP contribution in [-0.4, -0.2) is 24.9 Å². The standard InChI is InChI=1S/C11H14N2O3S/c1-7-3-4-9(8(12)5-7)17-6-10(14)13-11(15)16-2/h3-5H,6,12H2,1-2H3,(H,13,14,15). The van der Waals surface area contributed by atoms with E-state index in [2.05, 4.69) is 10.1 Å². The van der Waals surface area contributed by atoms with Crippen molar-refractivity contribution in [3.8, 4) is 0 Å². The Kier molecular flexibility index (Phi) is 4.84. The molecule has 2 amide bonds. The largest absolute Gasteiger partial charge is 0.453 e. The van der Waals surface area contributed by atoms with E-state index in [1.807, 2.05) is 25.1 Å². The molecule has 0 bridgehead atoms. The van der Waals surface area contributed by atoms with E-state index < -0.39 is 12.0 Å². The monoisotopic (exact) mass is 254 g/mol. The molecule has 17 heavy (non-hydrogen) atoms. The van der Waals surface area contributed by atoms with Crippen molar-refractivity contribution in [1.82, 2.24) is 5.32 Å². The summed E-state index contributed by atoms with van der Waals surface area (Å²) in [6, 6.07) is 5.60. The second-order valence-electron chi connectivity index (χ2n) is 3.37. The van der Waals surface area contributed by atoms with Crippen LogP contribution in [0.4, 0.5) is 10.5 Å². The van der Waals surface area contributed by atoms with E-state index in [0.29, 0.717) is 5.69 Å². The van der Waals surface area contributed by atoms with Crippen molar-refractivity contribution in [1.29, 1.82) is 0 Å². The molecule has 0 aliphatic rings. The van der Waals surface area contributed by atoms with Crippen LogP contribution in [0.2, 0.25) is 0 Å². The summed E-state index contributed by atoms with van der Waals surface area (Å²) < 4.78 is 4.31. The number of alkyl carbamates (subject to hydrolysis) is 1. The van der Waals surface area contributed by atoms with Crippen LogP contribution in [0, 0.1) is 6.92 Å². The van der Waals surface area contributed by atoms with E-state index in [-0.39, 0.29) is 5.75 Å². The first-order valence-electron chi connectivity index (χ1n) is 4.89. The summed E-state index contributed by atoms with van der Waals surface area (Å²) in [7, 11) is 1.20. The van der Waals surface area contributed by atoms with Gasteiger partial charge in [0.2, 0.25) is 5.91 Å². The zero-order valence-corrected chi connectivity index (χ0v) is 10.5. The lowest BCUT2D eigenvalue weighted by Gasteiger charge is -2.06. The number of aryl methyl sites for hydroxylation is 1. The highest BCUT2D eigenvalue weighted by atomic mass is 32.2. The van der Waals surface area contributed by atoms with Gasteiger partial charge in [-0.2, -0.15) is 0 Å². The van der Waals surface area contributed by atoms with Crippen molar-refractivity contribution >= 4 is 29.4 Å². The van der Waals surface area contributed by atoms with Crippen molar-refractivity contribution in [2.45, 2.75) is 11.8 Å². The molecule has 0 radical (unpaired) electrons. The molecule has 0 spiro atoms. The third kappa shape index (κ3) is 4.36. The smallest absolute Gasteiger partial charge is 0.413 e. The van der Waals surface area contributed by atoms with Gasteiger partial charge in [0.1, 0.15) is 0 Å². The molecular weight excluding hydrogens is 240 g/mol. The number of anilines is 1. The summed E-state index contributed by atoms with van der Waals surface area (Å²) in [6.07, 6.45) is -0.757. The topological polar surface area (TPSA) is 81.4 Å². The summed E-state index contributed by atoms with van der Waals surface area (Å²) in [5.41, 5.74) is 7.48. The molecule has 0 heterocycles. The molecule has 0 aromatic heterocycles. The van der Waals surface area contributed by atoms with E-state index in [1.54, 1.807) is 0 Å². The summed E-state index contributed by atoms with van der Waals surface area (Å²) in [5.74, 6) is -0.302. The highest BCUT2D eigenvalue weighted by Gasteiger charge is 2.09. The van der Waals surface area contributed by atoms with E-state index in [1.165, 1.54) is 18.9 Å². The maximum Gasteiger partial charge on any atom is 0.413 e. The molecule has 92 valence electrons. The first-order chi connectivity index (χ1) is 8.02. The second kappa shape index (κ2) is 6.15. The Bertz CT molecular complexity index is 435. The van der Waals surface area contributed by atoms with Gasteiger partial charge in [-0.3, -0.25) is 10.1 Å². The molecule has 0 saturated carbocycles. The van der Waals surface area contributed by atoms with Crippen molar-refractivity contribution in [3.63, 3.8) is 0 Å². The summed E-state index contributed by atoms with van der Waals surface area (Å²) >= 11 is 1.27. The molecule has 6 heteroatoms. The van der Waals surface area contributed by atoms with Crippen LogP contribution in [0.15, 0.2) is 23.1 Å². The van der Waals surface area contributed by atoms with E-state index in [9.17, 15) is 9.59 Å². The average molecular weight is 254 g/mol. The lowest BCUT2D eigenvalue weighted by Crippen LogP contribution is -2.31. The highest BCUT2D eigenvalue weighted by Crippen LogP contribution is 2.25. The number of ether oxygens (including phenoxy) is 1. The van der Waals surface area contributed by atoms with Gasteiger partial charge >= 0.3 is 6.09 Å². The molecular formula is C11H14N2O3S. The van der Waals surface area contributed by atoms with Gasteiger partial charge in [-0.15, -0.1) is 11.8 Å². The number of hydrogen-bond donors (Lipinski definition) is 2. The number of thioether (sulfide) groups is 1. The predicted molar refractivity (Wildman–Crippen MR) is 66.9 cm³/mol. The van der Waals surface area contributed by atoms with Gasteiger partial charge in [0.05, 0.1) is 12.9 Å². The molecule has 0 aliphatic carbocycles. The first-order valence-corrected chi connectivity index (χ1v) is 5.88. The summed E-state index contributed by atoms with van der Waals surface area (Å²) in [6.45, 7) is 1.94. The van der Waals surface area contributed by atoms with Crippen LogP contribution in [0.3, 0.4) is 0 Å². The molecule has 0 saturated heterocycles. The van der Waals surface area contributed by atoms with Crippen molar-refractivity contribution in [2.75, 3.05) is 18.6 Å². The number of carbonyl (C=O) groups is 2. The SMILES string of the molecule is COC(=O)NC(=O)CSc1ccc(C)cc1N. The third-order valence-corrected chi connectivity index (χ3v) is 3.04. The van der Waals surface area contributed by atoms with Crippen molar-refractivity contribution < 1.29 is 14.3 Å². The number of carbonyl (C=O) groups excluding carboxylic acids is 2. The summed E-state index contributed by atoms with van der Waals surface area (Å²) in [4.78, 5) is 22.9. The molecule has 1 aromatic rings. The first kappa shape index (κ1) is 13.4. The van der Waals surface area contributed by atoms with Gasteiger partial charge in [0, 0.05) is 10.6 Å². The number of methoxy groups -OCH3 is 1. The minimum Gasteiger partial charge on any atom is -0.453 e. The molecule has 1 rings (SSSR count). The number of nitrogens with one attached hydrogen (secondary N) is 1. The highest BCUT2D eigenvalue weighted by molar-refractivity contribution is 8.00. The Morgan fingerprint density at radius 2 is 2.18 bits per heavy atom. The third-order valence-electron chi connectivity index (χ3n) is 1.95. The van der Waals surface area contributed by atoms with E-state index >= 15 is 0 Å². The van der Waals surface area contributed by atoms with Crippen LogP contribution in [0.25, 0.3) is 0 Å². The number of imide groups is 1. The fraction of sp³-hybridized carbons (Fsp3) is 0.273. The van der Waals surface area contributed by atoms with Gasteiger partial charge in [-0.05, 0) is 24.6 Å². The van der Waals surface area contributed by atoms with Gasteiger partial charge in [0.25, 0.3) is 0 Å². The number of rotatable bonds is 3. The lowest BCUT2D eigenvalue weighted by atomic mass is 10.2. The Labute approximate surface area is 104 Å². The minimum atomic E-state index is -0.757. The van der Waals surface area contributed by atoms with Crippen LogP contribution in [-0.2, 0) is 9.53 Å². The quantitative estimate of drug-likeness (QED) is 0.632. The Balaban J connectivity index is 2.50. The molecule has 0 fully saturated rings. The lowest BCUT2D eigenvalue weighted by molar-refractivity contribution is -0.117. The van der Waals surface area contributed by atoms with Crippen LogP contribution in [0.1, 0.15) is 5.56 Å². The Hall–Kier alpha value is -1.69. The maximum atomic E-state index is 11.3. The van der Waals surface area contributed by atoms with Crippen LogP contribution >= 0.6 is 11.8 Å². The zero-order valence-electron chi connectivity index (χ0n) is 9.65. The van der Waals surface area contributed by atoms with E-state index in [4.69, 9.17) is 5.73 Å². The second-order valence-corrected chi connectivity index (χ2v) is 4.39.